The van der Waals surface area contributed by atoms with E-state index in [1.54, 1.807) is 6.08 Å². The number of nitrogens with zero attached hydrogens (tertiary/aromatic N) is 4. The van der Waals surface area contributed by atoms with Crippen molar-refractivity contribution in [2.75, 3.05) is 0 Å². The van der Waals surface area contributed by atoms with Crippen molar-refractivity contribution in [1.29, 1.82) is 0 Å². The Morgan fingerprint density at radius 2 is 1.08 bits per heavy atom. The molecule has 0 N–H and O–H groups in total. The van der Waals surface area contributed by atoms with Gasteiger partial charge in [0, 0.05) is 27.6 Å². The Balaban J connectivity index is 0.00000197. The number of benzene rings is 6. The first kappa shape index (κ1) is 33.2. The Hall–Kier alpha value is -6.91. The summed E-state index contributed by atoms with van der Waals surface area (Å²) in [6.45, 7) is 12.2. The molecule has 0 aliphatic rings. The Kier molecular flexibility index (Phi) is 9.02. The molecular weight excluding hydrogens is 645 g/mol. The van der Waals surface area contributed by atoms with Crippen LogP contribution in [0.5, 0.6) is 0 Å². The molecule has 6 aromatic carbocycles. The summed E-state index contributed by atoms with van der Waals surface area (Å²) in [5.74, 6) is 0.646. The molecular formula is C49H38N4. The van der Waals surface area contributed by atoms with E-state index in [0.29, 0.717) is 5.82 Å². The van der Waals surface area contributed by atoms with E-state index in [0.717, 1.165) is 72.4 Å². The van der Waals surface area contributed by atoms with E-state index in [4.69, 9.17) is 15.0 Å². The maximum Gasteiger partial charge on any atom is 0.160 e. The second-order valence-electron chi connectivity index (χ2n) is 12.6. The molecule has 9 rings (SSSR count). The topological polar surface area (TPSA) is 43.1 Å². The second kappa shape index (κ2) is 14.4. The smallest absolute Gasteiger partial charge is 0.160 e. The third-order valence-corrected chi connectivity index (χ3v) is 9.60. The van der Waals surface area contributed by atoms with Crippen LogP contribution in [0.25, 0.3) is 95.6 Å². The Morgan fingerprint density at radius 1 is 0.491 bits per heavy atom. The van der Waals surface area contributed by atoms with Crippen molar-refractivity contribution >= 4 is 39.6 Å². The molecule has 0 aliphatic heterocycles. The fourth-order valence-corrected chi connectivity index (χ4v) is 7.17. The molecule has 0 bridgehead atoms. The van der Waals surface area contributed by atoms with Crippen LogP contribution in [0.3, 0.4) is 0 Å². The number of para-hydroxylation sites is 3. The minimum Gasteiger partial charge on any atom is -0.306 e. The fourth-order valence-electron chi connectivity index (χ4n) is 7.17. The summed E-state index contributed by atoms with van der Waals surface area (Å²) in [7, 11) is 0. The summed E-state index contributed by atoms with van der Waals surface area (Å²) in [5.41, 5.74) is 15.5. The monoisotopic (exact) mass is 682 g/mol. The third kappa shape index (κ3) is 6.00. The van der Waals surface area contributed by atoms with Crippen molar-refractivity contribution in [3.05, 3.63) is 182 Å². The molecule has 0 fully saturated rings. The minimum absolute atomic E-state index is 0.646. The molecule has 0 radical (unpaired) electrons. The van der Waals surface area contributed by atoms with Crippen LogP contribution >= 0.6 is 0 Å². The highest BCUT2D eigenvalue weighted by atomic mass is 14.9. The van der Waals surface area contributed by atoms with E-state index >= 15 is 0 Å². The summed E-state index contributed by atoms with van der Waals surface area (Å²) < 4.78 is 2.33. The summed E-state index contributed by atoms with van der Waals surface area (Å²) >= 11 is 0. The molecule has 3 heterocycles. The average molecular weight is 683 g/mol. The molecule has 0 spiro atoms. The summed E-state index contributed by atoms with van der Waals surface area (Å²) in [5, 5.41) is 1.20. The molecule has 0 saturated carbocycles. The maximum atomic E-state index is 5.15. The quantitative estimate of drug-likeness (QED) is 0.168. The lowest BCUT2D eigenvalue weighted by Gasteiger charge is -2.13. The summed E-state index contributed by atoms with van der Waals surface area (Å²) in [6.07, 6.45) is 5.60. The van der Waals surface area contributed by atoms with Crippen molar-refractivity contribution in [2.45, 2.75) is 13.8 Å². The van der Waals surface area contributed by atoms with Crippen LogP contribution in [0.2, 0.25) is 0 Å². The lowest BCUT2D eigenvalue weighted by Crippen LogP contribution is -2.00. The van der Waals surface area contributed by atoms with Gasteiger partial charge in [-0.15, -0.1) is 0 Å². The lowest BCUT2D eigenvalue weighted by atomic mass is 9.96. The van der Waals surface area contributed by atoms with Gasteiger partial charge in [0.1, 0.15) is 0 Å². The molecule has 0 aliphatic carbocycles. The normalized spacial score (nSPS) is 11.0. The van der Waals surface area contributed by atoms with Crippen LogP contribution in [-0.2, 0) is 0 Å². The minimum atomic E-state index is 0.646. The van der Waals surface area contributed by atoms with Crippen LogP contribution in [0.4, 0.5) is 0 Å². The molecule has 0 atom stereocenters. The van der Waals surface area contributed by atoms with Gasteiger partial charge >= 0.3 is 0 Å². The Morgan fingerprint density at radius 3 is 1.81 bits per heavy atom. The standard InChI is InChI=1S/C47H32N4.C2H6/c1-3-38-40(4-2)49-47(37-19-13-17-35(29-37)31-14-6-5-7-15-31)50-46(38)36-18-12-16-34(28-36)32-24-26-33(27-25-32)45-39-20-8-10-22-42(39)51-43-23-11-9-21-41(43)48-30-44(45)51;1-2/h3-30H,1-2H2;1-2H3. The van der Waals surface area contributed by atoms with Gasteiger partial charge in [0.2, 0.25) is 0 Å². The van der Waals surface area contributed by atoms with Gasteiger partial charge in [-0.3, -0.25) is 4.98 Å². The predicted octanol–water partition coefficient (Wildman–Crippen LogP) is 13.1. The number of hydrogen-bond donors (Lipinski definition) is 0. The van der Waals surface area contributed by atoms with E-state index in [9.17, 15) is 0 Å². The van der Waals surface area contributed by atoms with Crippen molar-refractivity contribution in [3.63, 3.8) is 0 Å². The van der Waals surface area contributed by atoms with Crippen LogP contribution in [0.1, 0.15) is 25.1 Å². The molecule has 4 nitrogen and oxygen atoms in total. The highest BCUT2D eigenvalue weighted by Gasteiger charge is 2.17. The molecule has 4 heteroatoms. The van der Waals surface area contributed by atoms with E-state index in [1.807, 2.05) is 38.3 Å². The Bertz CT molecular complexity index is 2770. The third-order valence-electron chi connectivity index (χ3n) is 9.60. The van der Waals surface area contributed by atoms with Crippen LogP contribution < -0.4 is 0 Å². The molecule has 9 aromatic rings. The van der Waals surface area contributed by atoms with Crippen molar-refractivity contribution in [1.82, 2.24) is 19.4 Å². The van der Waals surface area contributed by atoms with Gasteiger partial charge in [-0.05, 0) is 64.2 Å². The molecule has 254 valence electrons. The zero-order valence-electron chi connectivity index (χ0n) is 29.9. The first-order chi connectivity index (χ1) is 26.2. The zero-order valence-corrected chi connectivity index (χ0v) is 29.9. The van der Waals surface area contributed by atoms with Gasteiger partial charge in [-0.1, -0.05) is 154 Å². The van der Waals surface area contributed by atoms with Crippen molar-refractivity contribution < 1.29 is 0 Å². The largest absolute Gasteiger partial charge is 0.306 e. The SMILES string of the molecule is C=Cc1nc(-c2cccc(-c3ccccc3)c2)nc(-c2cccc(-c3ccc(-c4c5ccccc5n5c4cnc4ccccc45)cc3)c2)c1C=C.CC. The molecule has 0 saturated heterocycles. The number of fused-ring (bicyclic) bond motifs is 5. The first-order valence-corrected chi connectivity index (χ1v) is 18.0. The lowest BCUT2D eigenvalue weighted by molar-refractivity contribution is 1.15. The average Bonchev–Trinajstić information content (AvgIpc) is 3.59. The number of aromatic nitrogens is 4. The second-order valence-corrected chi connectivity index (χ2v) is 12.6. The zero-order chi connectivity index (χ0) is 36.3. The van der Waals surface area contributed by atoms with Crippen molar-refractivity contribution in [2.24, 2.45) is 0 Å². The number of hydrogen-bond acceptors (Lipinski definition) is 3. The Labute approximate surface area is 310 Å². The fraction of sp³-hybridized carbons (Fsp3) is 0.0408. The van der Waals surface area contributed by atoms with Crippen molar-refractivity contribution in [3.8, 4) is 56.0 Å². The van der Waals surface area contributed by atoms with E-state index in [2.05, 4.69) is 157 Å². The first-order valence-electron chi connectivity index (χ1n) is 18.0. The van der Waals surface area contributed by atoms with E-state index in [1.165, 1.54) is 16.5 Å². The molecule has 53 heavy (non-hydrogen) atoms. The van der Waals surface area contributed by atoms with Gasteiger partial charge < -0.3 is 4.40 Å². The summed E-state index contributed by atoms with van der Waals surface area (Å²) in [6, 6.07) is 53.0. The molecule has 0 unspecified atom stereocenters. The molecule has 0 amide bonds. The van der Waals surface area contributed by atoms with Gasteiger partial charge in [-0.25, -0.2) is 9.97 Å². The van der Waals surface area contributed by atoms with Crippen LogP contribution in [0.15, 0.2) is 171 Å². The van der Waals surface area contributed by atoms with Crippen LogP contribution in [-0.4, -0.2) is 19.4 Å². The van der Waals surface area contributed by atoms with Gasteiger partial charge in [0.25, 0.3) is 0 Å². The van der Waals surface area contributed by atoms with Gasteiger partial charge in [0.15, 0.2) is 5.82 Å². The van der Waals surface area contributed by atoms with Crippen LogP contribution in [0, 0.1) is 0 Å². The van der Waals surface area contributed by atoms with Gasteiger partial charge in [-0.2, -0.15) is 0 Å². The highest BCUT2D eigenvalue weighted by Crippen LogP contribution is 2.38. The number of rotatable bonds is 7. The van der Waals surface area contributed by atoms with E-state index in [-0.39, 0.29) is 0 Å². The van der Waals surface area contributed by atoms with Gasteiger partial charge in [0.05, 0.1) is 39.7 Å². The molecule has 3 aromatic heterocycles. The highest BCUT2D eigenvalue weighted by molar-refractivity contribution is 6.08. The predicted molar refractivity (Wildman–Crippen MR) is 225 cm³/mol. The van der Waals surface area contributed by atoms with E-state index < -0.39 is 0 Å². The maximum absolute atomic E-state index is 5.15. The summed E-state index contributed by atoms with van der Waals surface area (Å²) in [4.78, 5) is 14.9.